The summed E-state index contributed by atoms with van der Waals surface area (Å²) in [5, 5.41) is 0.768. The molecule has 3 nitrogen and oxygen atoms in total. The van der Waals surface area contributed by atoms with Crippen LogP contribution in [0, 0.1) is 0 Å². The Kier molecular flexibility index (Phi) is 5.11. The summed E-state index contributed by atoms with van der Waals surface area (Å²) >= 11 is 0. The van der Waals surface area contributed by atoms with Crippen LogP contribution in [0.1, 0.15) is 18.4 Å². The minimum Gasteiger partial charge on any atom is -0.302 e. The Labute approximate surface area is 167 Å². The second kappa shape index (κ2) is 7.69. The minimum absolute atomic E-state index is 0.0115. The molecule has 4 rings (SSSR count). The first-order valence-electron chi connectivity index (χ1n) is 9.63. The summed E-state index contributed by atoms with van der Waals surface area (Å²) in [4.78, 5) is 0. The van der Waals surface area contributed by atoms with Crippen LogP contribution in [-0.4, -0.2) is 13.1 Å². The first kappa shape index (κ1) is 18.6. The molecule has 28 heavy (non-hydrogen) atoms. The quantitative estimate of drug-likeness (QED) is 0.465. The van der Waals surface area contributed by atoms with E-state index < -0.39 is 7.44 Å². The third kappa shape index (κ3) is 3.16. The van der Waals surface area contributed by atoms with Crippen LogP contribution in [0.5, 0.6) is 0 Å². The van der Waals surface area contributed by atoms with Gasteiger partial charge in [0.05, 0.1) is 0 Å². The van der Waals surface area contributed by atoms with Crippen LogP contribution in [0.3, 0.4) is 0 Å². The maximum Gasteiger partial charge on any atom is 0.288 e. The molecule has 0 N–H and O–H groups in total. The van der Waals surface area contributed by atoms with Crippen molar-refractivity contribution in [1.82, 2.24) is 0 Å². The highest BCUT2D eigenvalue weighted by Crippen LogP contribution is 2.67. The molecule has 3 aromatic carbocycles. The molecule has 1 fully saturated rings. The molecule has 142 valence electrons. The van der Waals surface area contributed by atoms with Gasteiger partial charge in [-0.3, -0.25) is 4.57 Å². The minimum atomic E-state index is -3.07. The highest BCUT2D eigenvalue weighted by atomic mass is 31.2. The van der Waals surface area contributed by atoms with Crippen molar-refractivity contribution in [3.05, 3.63) is 108 Å². The fourth-order valence-electron chi connectivity index (χ4n) is 3.86. The smallest absolute Gasteiger partial charge is 0.288 e. The van der Waals surface area contributed by atoms with Gasteiger partial charge in [0.2, 0.25) is 0 Å². The summed E-state index contributed by atoms with van der Waals surface area (Å²) < 4.78 is 18.9. The van der Waals surface area contributed by atoms with Crippen LogP contribution in [-0.2, 0) is 4.57 Å². The Hall–Kier alpha value is -2.77. The van der Waals surface area contributed by atoms with E-state index in [1.54, 1.807) is 0 Å². The molecule has 1 atom stereocenters. The molecule has 0 aliphatic carbocycles. The molecule has 1 aliphatic rings. The van der Waals surface area contributed by atoms with Crippen molar-refractivity contribution in [2.75, 3.05) is 22.4 Å². The van der Waals surface area contributed by atoms with Crippen molar-refractivity contribution in [2.24, 2.45) is 0 Å². The van der Waals surface area contributed by atoms with Gasteiger partial charge in [0.15, 0.2) is 0 Å². The Bertz CT molecular complexity index is 937. The third-order valence-corrected chi connectivity index (χ3v) is 8.77. The number of hydrogen-bond donors (Lipinski definition) is 0. The molecule has 0 spiro atoms. The van der Waals surface area contributed by atoms with Crippen molar-refractivity contribution >= 4 is 18.8 Å². The molecular formula is C24H25N2OP. The Morgan fingerprint density at radius 3 is 1.61 bits per heavy atom. The summed E-state index contributed by atoms with van der Waals surface area (Å²) in [6, 6.07) is 30.3. The highest BCUT2D eigenvalue weighted by Gasteiger charge is 2.46. The van der Waals surface area contributed by atoms with E-state index in [1.165, 1.54) is 0 Å². The van der Waals surface area contributed by atoms with E-state index in [1.807, 2.05) is 78.9 Å². The number of benzene rings is 3. The van der Waals surface area contributed by atoms with E-state index in [9.17, 15) is 4.57 Å². The van der Waals surface area contributed by atoms with Crippen molar-refractivity contribution in [3.63, 3.8) is 0 Å². The lowest BCUT2D eigenvalue weighted by atomic mass is 10.0. The fraction of sp³-hybridized carbons (Fsp3) is 0.167. The van der Waals surface area contributed by atoms with Crippen molar-refractivity contribution in [3.8, 4) is 0 Å². The highest BCUT2D eigenvalue weighted by molar-refractivity contribution is 7.71. The predicted octanol–water partition coefficient (Wildman–Crippen LogP) is 6.52. The second-order valence-corrected chi connectivity index (χ2v) is 9.71. The number of nitrogens with zero attached hydrogens (tertiary/aromatic N) is 2. The summed E-state index contributed by atoms with van der Waals surface area (Å²) in [6.07, 6.45) is 0. The van der Waals surface area contributed by atoms with Gasteiger partial charge in [-0.25, -0.2) is 0 Å². The van der Waals surface area contributed by atoms with Gasteiger partial charge in [-0.15, -0.1) is 0 Å². The first-order valence-corrected chi connectivity index (χ1v) is 11.2. The molecule has 1 unspecified atom stereocenters. The third-order valence-electron chi connectivity index (χ3n) is 5.46. The lowest BCUT2D eigenvalue weighted by Gasteiger charge is -2.36. The van der Waals surface area contributed by atoms with E-state index in [0.29, 0.717) is 13.1 Å². The number of allylic oxidation sites excluding steroid dienone is 1. The molecular weight excluding hydrogens is 363 g/mol. The lowest BCUT2D eigenvalue weighted by Crippen LogP contribution is -2.21. The van der Waals surface area contributed by atoms with E-state index in [0.717, 1.165) is 22.3 Å². The van der Waals surface area contributed by atoms with Crippen molar-refractivity contribution in [1.29, 1.82) is 0 Å². The van der Waals surface area contributed by atoms with Crippen LogP contribution < -0.4 is 9.34 Å². The molecule has 1 heterocycles. The number of hydrogen-bond acceptors (Lipinski definition) is 1. The van der Waals surface area contributed by atoms with Crippen LogP contribution in [0.15, 0.2) is 103 Å². The SMILES string of the molecule is C=C(C(C)c1ccccc1)P1(=O)N(c2ccccc2)CCN1c1ccccc1. The molecule has 1 aliphatic heterocycles. The topological polar surface area (TPSA) is 23.6 Å². The monoisotopic (exact) mass is 388 g/mol. The van der Waals surface area contributed by atoms with Gasteiger partial charge in [-0.05, 0) is 29.8 Å². The van der Waals surface area contributed by atoms with Gasteiger partial charge in [0.25, 0.3) is 7.44 Å². The molecule has 0 bridgehead atoms. The summed E-state index contributed by atoms with van der Waals surface area (Å²) in [7, 11) is -3.07. The van der Waals surface area contributed by atoms with Crippen LogP contribution in [0.25, 0.3) is 0 Å². The molecule has 0 radical (unpaired) electrons. The average Bonchev–Trinajstić information content (AvgIpc) is 3.12. The van der Waals surface area contributed by atoms with E-state index >= 15 is 0 Å². The molecule has 0 saturated carbocycles. The average molecular weight is 388 g/mol. The van der Waals surface area contributed by atoms with Gasteiger partial charge in [0.1, 0.15) is 0 Å². The summed E-state index contributed by atoms with van der Waals surface area (Å²) in [5.74, 6) is -0.0115. The Morgan fingerprint density at radius 2 is 1.18 bits per heavy atom. The maximum atomic E-state index is 14.7. The molecule has 1 saturated heterocycles. The van der Waals surface area contributed by atoms with E-state index in [4.69, 9.17) is 0 Å². The Balaban J connectivity index is 1.80. The molecule has 4 heteroatoms. The number of anilines is 2. The summed E-state index contributed by atoms with van der Waals surface area (Å²) in [5.41, 5.74) is 3.09. The normalized spacial score (nSPS) is 16.8. The standard InChI is InChI=1S/C24H25N2OP/c1-20(22-12-6-3-7-13-22)21(2)28(27)25(23-14-8-4-9-15-23)18-19-26(28)24-16-10-5-11-17-24/h3-17,20H,2,18-19H2,1H3. The number of para-hydroxylation sites is 2. The number of rotatable bonds is 5. The lowest BCUT2D eigenvalue weighted by molar-refractivity contribution is 0.577. The summed E-state index contributed by atoms with van der Waals surface area (Å²) in [6.45, 7) is 7.90. The maximum absolute atomic E-state index is 14.7. The van der Waals surface area contributed by atoms with Gasteiger partial charge < -0.3 is 9.34 Å². The zero-order chi connectivity index (χ0) is 19.6. The van der Waals surface area contributed by atoms with Crippen LogP contribution in [0.2, 0.25) is 0 Å². The Morgan fingerprint density at radius 1 is 0.786 bits per heavy atom. The van der Waals surface area contributed by atoms with E-state index in [2.05, 4.69) is 35.0 Å². The van der Waals surface area contributed by atoms with Crippen LogP contribution >= 0.6 is 7.44 Å². The largest absolute Gasteiger partial charge is 0.302 e. The van der Waals surface area contributed by atoms with Crippen LogP contribution in [0.4, 0.5) is 11.4 Å². The van der Waals surface area contributed by atoms with Gasteiger partial charge >= 0.3 is 0 Å². The molecule has 0 amide bonds. The molecule has 0 aromatic heterocycles. The second-order valence-electron chi connectivity index (χ2n) is 7.09. The van der Waals surface area contributed by atoms with Crippen molar-refractivity contribution in [2.45, 2.75) is 12.8 Å². The van der Waals surface area contributed by atoms with Crippen molar-refractivity contribution < 1.29 is 4.57 Å². The van der Waals surface area contributed by atoms with E-state index in [-0.39, 0.29) is 5.92 Å². The van der Waals surface area contributed by atoms with Gasteiger partial charge in [-0.1, -0.05) is 80.2 Å². The first-order chi connectivity index (χ1) is 13.6. The predicted molar refractivity (Wildman–Crippen MR) is 119 cm³/mol. The zero-order valence-electron chi connectivity index (χ0n) is 16.1. The zero-order valence-corrected chi connectivity index (χ0v) is 17.0. The fourth-order valence-corrected chi connectivity index (χ4v) is 7.01. The van der Waals surface area contributed by atoms with Gasteiger partial charge in [0, 0.05) is 35.7 Å². The van der Waals surface area contributed by atoms with Gasteiger partial charge in [-0.2, -0.15) is 0 Å². The molecule has 3 aromatic rings.